The number of aromatic amines is 1. The van der Waals surface area contributed by atoms with E-state index in [1.807, 2.05) is 0 Å². The molecule has 0 aliphatic carbocycles. The summed E-state index contributed by atoms with van der Waals surface area (Å²) in [6.45, 7) is 0.629. The molecule has 0 saturated carbocycles. The number of halogens is 20. The minimum atomic E-state index is -2.74. The largest absolute Gasteiger partial charge is 0.479 e. The number of aromatic nitrogens is 1. The molecule has 1 N–H and O–H groups in total. The maximum absolute atomic E-state index is 16.1. The van der Waals surface area contributed by atoms with Crippen LogP contribution in [-0.2, 0) is 0 Å². The maximum atomic E-state index is 16.1. The van der Waals surface area contributed by atoms with Crippen LogP contribution in [0.1, 0.15) is 46.9 Å². The van der Waals surface area contributed by atoms with Crippen molar-refractivity contribution in [1.82, 2.24) is 4.98 Å². The van der Waals surface area contributed by atoms with E-state index < -0.39 is 225 Å². The molecule has 9 rings (SSSR count). The molecule has 5 heterocycles. The lowest BCUT2D eigenvalue weighted by Crippen LogP contribution is -2.13. The fourth-order valence-electron chi connectivity index (χ4n) is 8.00. The van der Waals surface area contributed by atoms with Crippen LogP contribution in [0.4, 0.5) is 87.8 Å². The standard InChI is InChI=1S/C46H14F20N4O/c1-2-71-46-11-8-17(70-46)21(25-32(53)40(61)45(66)41(62)33(25)54)15-5-3-12(68-15)18(22-26(47)34(55)42(63)35(56)27(22)48)10-7-16(67-9-10)20(24-30(51)38(59)44(65)39(60)31(24)52)14-6-4-13(69-14)19(11)23-28(49)36(57)43(64)37(58)29(23)50/h3-6,8-9,70H,2,7H2,1H3. The maximum Gasteiger partial charge on any atom is 0.200 e. The van der Waals surface area contributed by atoms with Crippen molar-refractivity contribution in [1.29, 1.82) is 0 Å². The molecule has 4 aliphatic heterocycles. The molecule has 1 aromatic heterocycles. The van der Waals surface area contributed by atoms with Gasteiger partial charge in [-0.25, -0.2) is 97.8 Å². The van der Waals surface area contributed by atoms with Gasteiger partial charge in [-0.2, -0.15) is 0 Å². The second-order valence-corrected chi connectivity index (χ2v) is 15.0. The van der Waals surface area contributed by atoms with Gasteiger partial charge in [-0.3, -0.25) is 4.99 Å². The number of rotatable bonds is 6. The minimum absolute atomic E-state index is 0.472. The van der Waals surface area contributed by atoms with Crippen molar-refractivity contribution in [2.24, 2.45) is 15.0 Å². The van der Waals surface area contributed by atoms with Crippen LogP contribution in [0.2, 0.25) is 0 Å². The van der Waals surface area contributed by atoms with Crippen LogP contribution in [0.5, 0.6) is 5.88 Å². The Morgan fingerprint density at radius 2 is 0.761 bits per heavy atom. The molecule has 25 heteroatoms. The van der Waals surface area contributed by atoms with E-state index in [0.29, 0.717) is 36.6 Å². The molecule has 0 fully saturated rings. The van der Waals surface area contributed by atoms with E-state index in [1.54, 1.807) is 0 Å². The molecule has 5 nitrogen and oxygen atoms in total. The van der Waals surface area contributed by atoms with E-state index in [2.05, 4.69) is 20.0 Å². The first-order valence-corrected chi connectivity index (χ1v) is 19.5. The molecule has 0 spiro atoms. The van der Waals surface area contributed by atoms with Crippen molar-refractivity contribution in [2.45, 2.75) is 13.3 Å². The van der Waals surface area contributed by atoms with Gasteiger partial charge in [0, 0.05) is 40.5 Å². The molecule has 364 valence electrons. The van der Waals surface area contributed by atoms with Gasteiger partial charge in [0.1, 0.15) is 0 Å². The summed E-state index contributed by atoms with van der Waals surface area (Å²) in [7, 11) is 0. The Morgan fingerprint density at radius 3 is 1.17 bits per heavy atom. The zero-order chi connectivity index (χ0) is 51.6. The molecule has 0 unspecified atom stereocenters. The summed E-state index contributed by atoms with van der Waals surface area (Å²) in [5, 5.41) is 0. The van der Waals surface area contributed by atoms with Crippen molar-refractivity contribution in [3.8, 4) is 5.88 Å². The zero-order valence-corrected chi connectivity index (χ0v) is 34.2. The van der Waals surface area contributed by atoms with E-state index in [9.17, 15) is 17.6 Å². The van der Waals surface area contributed by atoms with E-state index in [4.69, 9.17) is 4.74 Å². The average Bonchev–Trinajstić information content (AvgIpc) is 4.21. The summed E-state index contributed by atoms with van der Waals surface area (Å²) in [5.74, 6) is -53.9. The van der Waals surface area contributed by atoms with Gasteiger partial charge in [-0.05, 0) is 42.9 Å². The number of nitrogens with one attached hydrogen (secondary N) is 1. The molecule has 0 saturated heterocycles. The second kappa shape index (κ2) is 17.2. The Kier molecular flexibility index (Phi) is 11.6. The first-order valence-electron chi connectivity index (χ1n) is 19.5. The number of hydrogen-bond acceptors (Lipinski definition) is 4. The van der Waals surface area contributed by atoms with Crippen molar-refractivity contribution in [3.63, 3.8) is 0 Å². The van der Waals surface area contributed by atoms with Gasteiger partial charge in [0.05, 0.1) is 63.1 Å². The SMILES string of the molecule is CCOc1[nH]c2cc1C(c1c(F)c(F)c(F)c(F)c1F)=C1C=CC(=N1)C(c1c(F)c(F)c(F)c(F)c1F)=C1CC(=C(c3c(F)c(F)c(F)c(F)c3F)C3=NC(=C2c2c(F)c(F)c(F)c(F)c2F)C=C3)C=N1. The van der Waals surface area contributed by atoms with Gasteiger partial charge in [0.2, 0.25) is 23.3 Å². The highest BCUT2D eigenvalue weighted by Gasteiger charge is 2.39. The van der Waals surface area contributed by atoms with Crippen LogP contribution < -0.4 is 4.74 Å². The van der Waals surface area contributed by atoms with Crippen LogP contribution in [0.3, 0.4) is 0 Å². The lowest BCUT2D eigenvalue weighted by molar-refractivity contribution is 0.327. The molecule has 8 bridgehead atoms. The highest BCUT2D eigenvalue weighted by Crippen LogP contribution is 2.47. The number of aliphatic imine (C=N–C) groups is 3. The summed E-state index contributed by atoms with van der Waals surface area (Å²) in [4.78, 5) is 14.1. The highest BCUT2D eigenvalue weighted by molar-refractivity contribution is 6.35. The molecule has 0 amide bonds. The van der Waals surface area contributed by atoms with Crippen LogP contribution in [0.15, 0.2) is 68.0 Å². The van der Waals surface area contributed by atoms with E-state index in [-0.39, 0.29) is 0 Å². The lowest BCUT2D eigenvalue weighted by Gasteiger charge is -2.16. The summed E-state index contributed by atoms with van der Waals surface area (Å²) in [6.07, 6.45) is 1.62. The van der Waals surface area contributed by atoms with Gasteiger partial charge < -0.3 is 9.72 Å². The summed E-state index contributed by atoms with van der Waals surface area (Å²) in [6, 6.07) is 0.472. The topological polar surface area (TPSA) is 62.1 Å². The van der Waals surface area contributed by atoms with Gasteiger partial charge in [0.15, 0.2) is 99.0 Å². The van der Waals surface area contributed by atoms with Crippen molar-refractivity contribution in [2.75, 3.05) is 6.61 Å². The Labute approximate surface area is 380 Å². The first-order chi connectivity index (χ1) is 33.5. The Balaban J connectivity index is 1.52. The Morgan fingerprint density at radius 1 is 0.423 bits per heavy atom. The molecule has 4 aliphatic rings. The first kappa shape index (κ1) is 48.1. The number of allylic oxidation sites excluding steroid dienone is 7. The predicted octanol–water partition coefficient (Wildman–Crippen LogP) is 13.1. The third-order valence-electron chi connectivity index (χ3n) is 11.1. The lowest BCUT2D eigenvalue weighted by atomic mass is 9.91. The van der Waals surface area contributed by atoms with Crippen molar-refractivity contribution >= 4 is 39.9 Å². The number of nitrogens with zero attached hydrogens (tertiary/aromatic N) is 3. The summed E-state index contributed by atoms with van der Waals surface area (Å²) in [5.41, 5.74) is -20.8. The third-order valence-corrected chi connectivity index (χ3v) is 11.1. The summed E-state index contributed by atoms with van der Waals surface area (Å²) < 4.78 is 312. The smallest absolute Gasteiger partial charge is 0.200 e. The van der Waals surface area contributed by atoms with Crippen molar-refractivity contribution in [3.05, 3.63) is 203 Å². The third kappa shape index (κ3) is 7.05. The van der Waals surface area contributed by atoms with E-state index >= 15 is 70.2 Å². The number of benzene rings is 4. The fraction of sp³-hybridized carbons (Fsp3) is 0.0652. The number of H-pyrrole nitrogens is 1. The molecule has 71 heavy (non-hydrogen) atoms. The predicted molar refractivity (Wildman–Crippen MR) is 209 cm³/mol. The molecule has 4 aromatic carbocycles. The van der Waals surface area contributed by atoms with Gasteiger partial charge in [0.25, 0.3) is 0 Å². The second-order valence-electron chi connectivity index (χ2n) is 15.0. The van der Waals surface area contributed by atoms with Gasteiger partial charge in [-0.1, -0.05) is 0 Å². The number of fused-ring (bicyclic) bond motifs is 6. The summed E-state index contributed by atoms with van der Waals surface area (Å²) >= 11 is 0. The number of hydrogen-bond donors (Lipinski definition) is 1. The Hall–Kier alpha value is -7.99. The molecular weight excluding hydrogens is 1000 g/mol. The van der Waals surface area contributed by atoms with Gasteiger partial charge in [-0.15, -0.1) is 0 Å². The van der Waals surface area contributed by atoms with Gasteiger partial charge >= 0.3 is 0 Å². The van der Waals surface area contributed by atoms with Crippen molar-refractivity contribution < 1.29 is 92.5 Å². The molecule has 0 atom stereocenters. The fourth-order valence-corrected chi connectivity index (χ4v) is 8.00. The molecule has 0 radical (unpaired) electrons. The Bertz CT molecular complexity index is 3510. The number of ether oxygens (including phenoxy) is 1. The molecular formula is C46H14F20N4O. The molecule has 5 aromatic rings. The van der Waals surface area contributed by atoms with E-state index in [0.717, 1.165) is 0 Å². The normalized spacial score (nSPS) is 15.5. The minimum Gasteiger partial charge on any atom is -0.479 e. The average molecular weight is 1020 g/mol. The van der Waals surface area contributed by atoms with Crippen LogP contribution in [0, 0.1) is 116 Å². The zero-order valence-electron chi connectivity index (χ0n) is 34.2. The van der Waals surface area contributed by atoms with E-state index in [1.165, 1.54) is 6.92 Å². The quantitative estimate of drug-likeness (QED) is 0.103. The monoisotopic (exact) mass is 1020 g/mol. The van der Waals surface area contributed by atoms with Crippen LogP contribution in [0.25, 0.3) is 22.3 Å². The van der Waals surface area contributed by atoms with Crippen LogP contribution in [-0.4, -0.2) is 29.2 Å². The highest BCUT2D eigenvalue weighted by atomic mass is 19.2. The van der Waals surface area contributed by atoms with Crippen LogP contribution >= 0.6 is 0 Å².